The smallest absolute Gasteiger partial charge is 0.386 e. The van der Waals surface area contributed by atoms with Crippen molar-refractivity contribution in [1.82, 2.24) is 44.5 Å². The maximum Gasteiger partial charge on any atom is 0.386 e. The van der Waals surface area contributed by atoms with Gasteiger partial charge in [0.05, 0.1) is 19.5 Å². The summed E-state index contributed by atoms with van der Waals surface area (Å²) in [6.45, 7) is -6.00. The van der Waals surface area contributed by atoms with Gasteiger partial charge in [0.1, 0.15) is 30.7 Å². The fourth-order valence-electron chi connectivity index (χ4n) is 4.65. The predicted molar refractivity (Wildman–Crippen MR) is 138 cm³/mol. The topological polar surface area (TPSA) is 267 Å². The van der Waals surface area contributed by atoms with Gasteiger partial charge in [0, 0.05) is 0 Å². The van der Waals surface area contributed by atoms with Gasteiger partial charge in [-0.05, 0) is 0 Å². The molecule has 226 valence electrons. The quantitative estimate of drug-likeness (QED) is 0.0981. The molecule has 23 heteroatoms. The molecule has 0 bridgehead atoms. The second-order valence-electron chi connectivity index (χ2n) is 9.27. The first-order valence-corrected chi connectivity index (χ1v) is 14.8. The van der Waals surface area contributed by atoms with Crippen LogP contribution in [-0.2, 0) is 23.1 Å². The Kier molecular flexibility index (Phi) is 7.33. The highest BCUT2D eigenvalue weighted by Crippen LogP contribution is 2.57. The number of anilines is 2. The van der Waals surface area contributed by atoms with E-state index in [0.29, 0.717) is 0 Å². The summed E-state index contributed by atoms with van der Waals surface area (Å²) in [7, 11) is 0. The van der Waals surface area contributed by atoms with Gasteiger partial charge in [0.25, 0.3) is 5.56 Å². The highest BCUT2D eigenvalue weighted by atomic mass is 32.7. The van der Waals surface area contributed by atoms with Crippen LogP contribution in [0.25, 0.3) is 22.3 Å². The molecule has 4 aromatic heterocycles. The van der Waals surface area contributed by atoms with Gasteiger partial charge in [-0.3, -0.25) is 23.4 Å². The summed E-state index contributed by atoms with van der Waals surface area (Å²) in [5.41, 5.74) is 10.5. The monoisotopic (exact) mass is 633 g/mol. The lowest BCUT2D eigenvalue weighted by atomic mass is 10.1. The molecule has 42 heavy (non-hydrogen) atoms. The number of aromatic nitrogens is 9. The van der Waals surface area contributed by atoms with Crippen LogP contribution in [0.5, 0.6) is 0 Å². The van der Waals surface area contributed by atoms with E-state index >= 15 is 8.78 Å². The van der Waals surface area contributed by atoms with Gasteiger partial charge in [-0.15, -0.1) is 5.10 Å². The number of nitrogens with one attached hydrogen (secondary N) is 1. The highest BCUT2D eigenvalue weighted by molar-refractivity contribution is 8.44. The zero-order valence-corrected chi connectivity index (χ0v) is 22.7. The van der Waals surface area contributed by atoms with E-state index in [-0.39, 0.29) is 34.1 Å². The Balaban J connectivity index is 1.19. The van der Waals surface area contributed by atoms with E-state index in [0.717, 1.165) is 21.9 Å². The van der Waals surface area contributed by atoms with E-state index in [1.807, 2.05) is 0 Å². The standard InChI is InChI=1S/C19H22F2N11O8PS/c20-7-5(1-33)38-18(31-4-26-10-15(31)27-19(23)28-16(10)35)12(7)40-41(36,42)37-2-6-11(34)8(21)17(39-6)32-14-9(29-30-32)13(22)24-3-25-14/h3-8,11-12,17-18,33-34H,1-2H2,(H,36,42)(H2,22,24,25)(H3,23,27,28,35)/t5-,6-,7+,8+,11-,12-,17-,18-,41?/m1/s1. The Labute approximate surface area is 236 Å². The number of rotatable bonds is 8. The van der Waals surface area contributed by atoms with Crippen LogP contribution < -0.4 is 17.0 Å². The number of ether oxygens (including phenoxy) is 2. The molecule has 6 rings (SSSR count). The molecule has 0 spiro atoms. The number of imidazole rings is 1. The van der Waals surface area contributed by atoms with Crippen LogP contribution >= 0.6 is 19.0 Å². The number of nitrogens with two attached hydrogens (primary N) is 2. The molecule has 0 amide bonds. The van der Waals surface area contributed by atoms with Crippen LogP contribution in [0.4, 0.5) is 20.5 Å². The molecule has 2 aliphatic rings. The van der Waals surface area contributed by atoms with Gasteiger partial charge in [-0.1, -0.05) is 17.5 Å². The van der Waals surface area contributed by atoms with E-state index < -0.39 is 74.8 Å². The number of alkyl halides is 2. The first-order chi connectivity index (χ1) is 20.0. The lowest BCUT2D eigenvalue weighted by molar-refractivity contribution is -0.0554. The lowest BCUT2D eigenvalue weighted by Crippen LogP contribution is -2.33. The minimum absolute atomic E-state index is 0.00760. The molecule has 19 nitrogen and oxygen atoms in total. The third-order valence-electron chi connectivity index (χ3n) is 6.65. The van der Waals surface area contributed by atoms with Crippen molar-refractivity contribution in [2.75, 3.05) is 24.7 Å². The Hall–Kier alpha value is -3.37. The average Bonchev–Trinajstić information content (AvgIpc) is 3.69. The van der Waals surface area contributed by atoms with Crippen molar-refractivity contribution in [3.05, 3.63) is 23.0 Å². The van der Waals surface area contributed by atoms with Gasteiger partial charge in [-0.25, -0.2) is 28.3 Å². The molecule has 6 heterocycles. The number of nitrogens with zero attached hydrogens (tertiary/aromatic N) is 8. The molecule has 0 aromatic carbocycles. The van der Waals surface area contributed by atoms with Crippen molar-refractivity contribution in [3.63, 3.8) is 0 Å². The summed E-state index contributed by atoms with van der Waals surface area (Å²) in [4.78, 5) is 30.1. The van der Waals surface area contributed by atoms with Crippen LogP contribution in [0.3, 0.4) is 0 Å². The minimum Gasteiger partial charge on any atom is -0.394 e. The van der Waals surface area contributed by atoms with Crippen LogP contribution in [0, 0.1) is 0 Å². The van der Waals surface area contributed by atoms with Crippen LogP contribution in [0.15, 0.2) is 17.4 Å². The zero-order chi connectivity index (χ0) is 29.9. The summed E-state index contributed by atoms with van der Waals surface area (Å²) in [5.74, 6) is -0.274. The SMILES string of the molecule is Nc1nc2c(ncn2[C@@H]2O[C@H](CO)[C@H](F)[C@H]2OP(=O)(S)OC[C@H]2O[C@@H](n3nnc4c(N)ncnc43)[C@@H](F)[C@@H]2O)c(=O)[nH]1. The van der Waals surface area contributed by atoms with Crippen LogP contribution in [-0.4, -0.2) is 105 Å². The Morgan fingerprint density at radius 2 is 1.88 bits per heavy atom. The second-order valence-corrected chi connectivity index (χ2v) is 12.1. The maximum atomic E-state index is 15.3. The fourth-order valence-corrected chi connectivity index (χ4v) is 6.10. The number of fused-ring (bicyclic) bond motifs is 2. The van der Waals surface area contributed by atoms with Gasteiger partial charge in [-0.2, -0.15) is 9.67 Å². The van der Waals surface area contributed by atoms with E-state index in [9.17, 15) is 19.6 Å². The molecule has 1 unspecified atom stereocenters. The molecule has 0 saturated carbocycles. The number of hydrogen-bond acceptors (Lipinski definition) is 16. The molecule has 2 aliphatic heterocycles. The summed E-state index contributed by atoms with van der Waals surface area (Å²) >= 11 is 3.89. The highest BCUT2D eigenvalue weighted by Gasteiger charge is 2.51. The normalized spacial score (nSPS) is 31.3. The summed E-state index contributed by atoms with van der Waals surface area (Å²) in [6, 6.07) is 0. The Bertz CT molecular complexity index is 1740. The molecule has 0 radical (unpaired) electrons. The van der Waals surface area contributed by atoms with Crippen molar-refractivity contribution in [3.8, 4) is 0 Å². The van der Waals surface area contributed by atoms with Crippen molar-refractivity contribution >= 4 is 53.1 Å². The molecule has 7 N–H and O–H groups in total. The van der Waals surface area contributed by atoms with Crippen molar-refractivity contribution in [2.24, 2.45) is 0 Å². The van der Waals surface area contributed by atoms with Gasteiger partial charge in [0.2, 0.25) is 5.95 Å². The molecule has 4 aromatic rings. The summed E-state index contributed by atoms with van der Waals surface area (Å²) in [6.07, 6.45) is -11.2. The molecule has 9 atom stereocenters. The third kappa shape index (κ3) is 4.88. The molecular weight excluding hydrogens is 611 g/mol. The second kappa shape index (κ2) is 10.7. The van der Waals surface area contributed by atoms with Crippen molar-refractivity contribution < 1.29 is 42.1 Å². The number of aromatic amines is 1. The fraction of sp³-hybridized carbons (Fsp3) is 0.526. The lowest BCUT2D eigenvalue weighted by Gasteiger charge is -2.25. The number of aliphatic hydroxyl groups excluding tert-OH is 2. The van der Waals surface area contributed by atoms with Gasteiger partial charge in [0.15, 0.2) is 52.9 Å². The van der Waals surface area contributed by atoms with E-state index in [2.05, 4.69) is 47.5 Å². The maximum absolute atomic E-state index is 15.3. The minimum atomic E-state index is -4.50. The van der Waals surface area contributed by atoms with Gasteiger partial charge >= 0.3 is 6.80 Å². The van der Waals surface area contributed by atoms with E-state index in [4.69, 9.17) is 30.0 Å². The largest absolute Gasteiger partial charge is 0.394 e. The molecule has 2 saturated heterocycles. The number of H-pyrrole nitrogens is 1. The third-order valence-corrected chi connectivity index (χ3v) is 8.26. The van der Waals surface area contributed by atoms with E-state index in [1.165, 1.54) is 0 Å². The van der Waals surface area contributed by atoms with Gasteiger partial charge < -0.3 is 31.2 Å². The first-order valence-electron chi connectivity index (χ1n) is 12.1. The number of nitrogen functional groups attached to an aromatic ring is 2. The molecule has 2 fully saturated rings. The summed E-state index contributed by atoms with van der Waals surface area (Å²) in [5, 5.41) is 27.6. The van der Waals surface area contributed by atoms with E-state index in [1.54, 1.807) is 0 Å². The molecule has 0 aliphatic carbocycles. The van der Waals surface area contributed by atoms with Crippen molar-refractivity contribution in [1.29, 1.82) is 0 Å². The number of thiol groups is 1. The number of halogens is 2. The van der Waals surface area contributed by atoms with Crippen LogP contribution in [0.2, 0.25) is 0 Å². The van der Waals surface area contributed by atoms with Crippen LogP contribution in [0.1, 0.15) is 12.5 Å². The Morgan fingerprint density at radius 3 is 2.64 bits per heavy atom. The summed E-state index contributed by atoms with van der Waals surface area (Å²) < 4.78 is 67.3. The first kappa shape index (κ1) is 28.7. The number of aliphatic hydroxyl groups is 2. The van der Waals surface area contributed by atoms with Crippen molar-refractivity contribution in [2.45, 2.75) is 49.2 Å². The predicted octanol–water partition coefficient (Wildman–Crippen LogP) is -1.22. The number of hydrogen-bond donors (Lipinski definition) is 6. The Morgan fingerprint density at radius 1 is 1.12 bits per heavy atom. The zero-order valence-electron chi connectivity index (χ0n) is 20.9. The average molecular weight is 633 g/mol. The molecular formula is C19H22F2N11O8PS.